The van der Waals surface area contributed by atoms with Gasteiger partial charge in [0.15, 0.2) is 5.13 Å². The number of anilines is 2. The number of nitrogens with zero attached hydrogens (tertiary/aromatic N) is 2. The fourth-order valence-electron chi connectivity index (χ4n) is 3.01. The Kier molecular flexibility index (Phi) is 5.80. The highest BCUT2D eigenvalue weighted by Crippen LogP contribution is 2.24. The first-order chi connectivity index (χ1) is 13.8. The Hall–Kier alpha value is -2.96. The molecular formula is C22H21N3O2S. The molecule has 1 aliphatic heterocycles. The smallest absolute Gasteiger partial charge is 0.250 e. The maximum atomic E-state index is 12.2. The lowest BCUT2D eigenvalue weighted by atomic mass is 10.1. The molecule has 0 saturated carbocycles. The lowest BCUT2D eigenvalue weighted by Crippen LogP contribution is -2.36. The van der Waals surface area contributed by atoms with Crippen LogP contribution in [0.3, 0.4) is 0 Å². The van der Waals surface area contributed by atoms with Gasteiger partial charge >= 0.3 is 0 Å². The van der Waals surface area contributed by atoms with Gasteiger partial charge < -0.3 is 9.64 Å². The van der Waals surface area contributed by atoms with E-state index in [1.165, 1.54) is 23.1 Å². The van der Waals surface area contributed by atoms with Crippen LogP contribution in [0.5, 0.6) is 0 Å². The van der Waals surface area contributed by atoms with Gasteiger partial charge in [-0.15, -0.1) is 11.3 Å². The van der Waals surface area contributed by atoms with Crippen LogP contribution >= 0.6 is 11.3 Å². The van der Waals surface area contributed by atoms with Gasteiger partial charge in [0.2, 0.25) is 5.91 Å². The minimum Gasteiger partial charge on any atom is -0.378 e. The topological polar surface area (TPSA) is 54.5 Å². The van der Waals surface area contributed by atoms with Gasteiger partial charge in [0.25, 0.3) is 0 Å². The third-order valence-electron chi connectivity index (χ3n) is 4.50. The molecule has 5 nitrogen and oxygen atoms in total. The second kappa shape index (κ2) is 8.82. The highest BCUT2D eigenvalue weighted by Gasteiger charge is 2.10. The van der Waals surface area contributed by atoms with Crippen molar-refractivity contribution in [1.29, 1.82) is 0 Å². The third kappa shape index (κ3) is 4.65. The number of amides is 1. The first kappa shape index (κ1) is 18.4. The van der Waals surface area contributed by atoms with Gasteiger partial charge in [-0.25, -0.2) is 4.98 Å². The van der Waals surface area contributed by atoms with E-state index in [0.717, 1.165) is 43.1 Å². The molecule has 0 atom stereocenters. The van der Waals surface area contributed by atoms with Crippen molar-refractivity contribution in [2.75, 3.05) is 36.5 Å². The number of thiazole rings is 1. The SMILES string of the molecule is O=C(/C=C/c1ccc(N2CCOCC2)cc1)Nc1nc(-c2ccccc2)cs1. The summed E-state index contributed by atoms with van der Waals surface area (Å²) in [5.41, 5.74) is 4.07. The van der Waals surface area contributed by atoms with Crippen molar-refractivity contribution in [2.45, 2.75) is 0 Å². The van der Waals surface area contributed by atoms with E-state index in [-0.39, 0.29) is 5.91 Å². The lowest BCUT2D eigenvalue weighted by Gasteiger charge is -2.28. The molecule has 0 aliphatic carbocycles. The average molecular weight is 391 g/mol. The van der Waals surface area contributed by atoms with Crippen LogP contribution in [-0.2, 0) is 9.53 Å². The Labute approximate surface area is 168 Å². The zero-order chi connectivity index (χ0) is 19.2. The molecule has 28 heavy (non-hydrogen) atoms. The summed E-state index contributed by atoms with van der Waals surface area (Å²) in [4.78, 5) is 19.0. The molecule has 1 saturated heterocycles. The normalized spacial score (nSPS) is 14.4. The summed E-state index contributed by atoms with van der Waals surface area (Å²) in [6.07, 6.45) is 3.34. The predicted molar refractivity (Wildman–Crippen MR) is 115 cm³/mol. The van der Waals surface area contributed by atoms with Crippen LogP contribution in [0.4, 0.5) is 10.8 Å². The zero-order valence-corrected chi connectivity index (χ0v) is 16.2. The van der Waals surface area contributed by atoms with E-state index in [9.17, 15) is 4.79 Å². The first-order valence-corrected chi connectivity index (χ1v) is 10.1. The molecule has 1 fully saturated rings. The van der Waals surface area contributed by atoms with Crippen LogP contribution in [-0.4, -0.2) is 37.2 Å². The first-order valence-electron chi connectivity index (χ1n) is 9.21. The van der Waals surface area contributed by atoms with E-state index in [1.807, 2.05) is 53.9 Å². The van der Waals surface area contributed by atoms with Crippen LogP contribution in [0.25, 0.3) is 17.3 Å². The van der Waals surface area contributed by atoms with E-state index in [0.29, 0.717) is 5.13 Å². The van der Waals surface area contributed by atoms with Gasteiger partial charge in [-0.2, -0.15) is 0 Å². The van der Waals surface area contributed by atoms with E-state index in [4.69, 9.17) is 4.74 Å². The number of morpholine rings is 1. The number of hydrogen-bond acceptors (Lipinski definition) is 5. The lowest BCUT2D eigenvalue weighted by molar-refractivity contribution is -0.111. The number of benzene rings is 2. The maximum absolute atomic E-state index is 12.2. The van der Waals surface area contributed by atoms with E-state index < -0.39 is 0 Å². The van der Waals surface area contributed by atoms with Crippen molar-refractivity contribution in [2.24, 2.45) is 0 Å². The third-order valence-corrected chi connectivity index (χ3v) is 5.26. The molecule has 3 aromatic rings. The van der Waals surface area contributed by atoms with Crippen LogP contribution in [0.2, 0.25) is 0 Å². The molecule has 1 amide bonds. The molecule has 1 aliphatic rings. The summed E-state index contributed by atoms with van der Waals surface area (Å²) >= 11 is 1.42. The van der Waals surface area contributed by atoms with Crippen molar-refractivity contribution in [3.63, 3.8) is 0 Å². The molecule has 1 N–H and O–H groups in total. The molecular weight excluding hydrogens is 370 g/mol. The Morgan fingerprint density at radius 3 is 2.57 bits per heavy atom. The summed E-state index contributed by atoms with van der Waals surface area (Å²) in [5, 5.41) is 5.36. The zero-order valence-electron chi connectivity index (χ0n) is 15.4. The molecule has 1 aromatic heterocycles. The average Bonchev–Trinajstić information content (AvgIpc) is 3.22. The van der Waals surface area contributed by atoms with Crippen molar-refractivity contribution < 1.29 is 9.53 Å². The summed E-state index contributed by atoms with van der Waals surface area (Å²) < 4.78 is 5.38. The molecule has 0 bridgehead atoms. The maximum Gasteiger partial charge on any atom is 0.250 e. The molecule has 0 radical (unpaired) electrons. The van der Waals surface area contributed by atoms with Crippen molar-refractivity contribution in [1.82, 2.24) is 4.98 Å². The Balaban J connectivity index is 1.34. The molecule has 2 heterocycles. The van der Waals surface area contributed by atoms with Crippen molar-refractivity contribution >= 4 is 34.1 Å². The number of ether oxygens (including phenoxy) is 1. The number of carbonyl (C=O) groups excluding carboxylic acids is 1. The van der Waals surface area contributed by atoms with Gasteiger partial charge in [-0.05, 0) is 23.8 Å². The molecule has 2 aromatic carbocycles. The number of nitrogens with one attached hydrogen (secondary N) is 1. The van der Waals surface area contributed by atoms with E-state index in [1.54, 1.807) is 0 Å². The van der Waals surface area contributed by atoms with E-state index >= 15 is 0 Å². The van der Waals surface area contributed by atoms with Crippen LogP contribution < -0.4 is 10.2 Å². The summed E-state index contributed by atoms with van der Waals surface area (Å²) in [6.45, 7) is 3.36. The second-order valence-electron chi connectivity index (χ2n) is 6.42. The number of aromatic nitrogens is 1. The molecule has 0 unspecified atom stereocenters. The van der Waals surface area contributed by atoms with Crippen molar-refractivity contribution in [3.05, 3.63) is 71.6 Å². The summed E-state index contributed by atoms with van der Waals surface area (Å²) in [5.74, 6) is -0.189. The highest BCUT2D eigenvalue weighted by atomic mass is 32.1. The fourth-order valence-corrected chi connectivity index (χ4v) is 3.73. The van der Waals surface area contributed by atoms with Crippen LogP contribution in [0, 0.1) is 0 Å². The van der Waals surface area contributed by atoms with Gasteiger partial charge in [0.05, 0.1) is 18.9 Å². The Bertz CT molecular complexity index is 945. The molecule has 4 rings (SSSR count). The Morgan fingerprint density at radius 1 is 1.07 bits per heavy atom. The monoisotopic (exact) mass is 391 g/mol. The predicted octanol–water partition coefficient (Wildman–Crippen LogP) is 4.30. The molecule has 0 spiro atoms. The standard InChI is InChI=1S/C22H21N3O2S/c26-21(24-22-23-20(16-28-22)18-4-2-1-3-5-18)11-8-17-6-9-19(10-7-17)25-12-14-27-15-13-25/h1-11,16H,12-15H2,(H,23,24,26)/b11-8+. The quantitative estimate of drug-likeness (QED) is 0.659. The van der Waals surface area contributed by atoms with E-state index in [2.05, 4.69) is 27.3 Å². The number of carbonyl (C=O) groups is 1. The van der Waals surface area contributed by atoms with Crippen LogP contribution in [0.15, 0.2) is 66.1 Å². The Morgan fingerprint density at radius 2 is 1.82 bits per heavy atom. The molecule has 142 valence electrons. The van der Waals surface area contributed by atoms with Crippen LogP contribution in [0.1, 0.15) is 5.56 Å². The second-order valence-corrected chi connectivity index (χ2v) is 7.28. The van der Waals surface area contributed by atoms with Gasteiger partial charge in [0, 0.05) is 35.8 Å². The summed E-state index contributed by atoms with van der Waals surface area (Å²) in [6, 6.07) is 18.1. The van der Waals surface area contributed by atoms with Gasteiger partial charge in [-0.3, -0.25) is 10.1 Å². The summed E-state index contributed by atoms with van der Waals surface area (Å²) in [7, 11) is 0. The van der Waals surface area contributed by atoms with Crippen molar-refractivity contribution in [3.8, 4) is 11.3 Å². The highest BCUT2D eigenvalue weighted by molar-refractivity contribution is 7.14. The fraction of sp³-hybridized carbons (Fsp3) is 0.182. The number of hydrogen-bond donors (Lipinski definition) is 1. The van der Waals surface area contributed by atoms with Gasteiger partial charge in [0.1, 0.15) is 0 Å². The largest absolute Gasteiger partial charge is 0.378 e. The minimum absolute atomic E-state index is 0.189. The minimum atomic E-state index is -0.189. The number of rotatable bonds is 5. The van der Waals surface area contributed by atoms with Gasteiger partial charge in [-0.1, -0.05) is 42.5 Å². The molecule has 6 heteroatoms.